The molecule has 1 heterocycles. The van der Waals surface area contributed by atoms with Gasteiger partial charge in [-0.1, -0.05) is 13.8 Å². The molecule has 0 fully saturated rings. The molecular weight excluding hydrogens is 186 g/mol. The lowest BCUT2D eigenvalue weighted by Crippen LogP contribution is -2.27. The molecule has 0 saturated heterocycles. The zero-order valence-corrected chi connectivity index (χ0v) is 8.54. The molecule has 0 aromatic carbocycles. The molecule has 13 heavy (non-hydrogen) atoms. The number of hydrogen-bond acceptors (Lipinski definition) is 4. The molecule has 3 nitrogen and oxygen atoms in total. The zero-order valence-electron chi connectivity index (χ0n) is 7.73. The highest BCUT2D eigenvalue weighted by Crippen LogP contribution is 2.10. The van der Waals surface area contributed by atoms with Crippen LogP contribution in [0.1, 0.15) is 18.7 Å². The number of carbonyl (C=O) groups excluding carboxylic acids is 1. The van der Waals surface area contributed by atoms with Crippen molar-refractivity contribution in [2.75, 3.05) is 0 Å². The Kier molecular flexibility index (Phi) is 3.57. The van der Waals surface area contributed by atoms with E-state index in [0.717, 1.165) is 4.88 Å². The van der Waals surface area contributed by atoms with E-state index in [4.69, 9.17) is 0 Å². The van der Waals surface area contributed by atoms with Gasteiger partial charge in [0.1, 0.15) is 6.10 Å². The van der Waals surface area contributed by atoms with E-state index in [1.54, 1.807) is 11.7 Å². The lowest BCUT2D eigenvalue weighted by molar-refractivity contribution is -0.128. The average molecular weight is 199 g/mol. The molecule has 0 bridgehead atoms. The van der Waals surface area contributed by atoms with Crippen molar-refractivity contribution in [1.29, 1.82) is 0 Å². The van der Waals surface area contributed by atoms with E-state index in [9.17, 15) is 9.90 Å². The molecule has 1 aromatic rings. The number of aliphatic hydroxyl groups is 1. The summed E-state index contributed by atoms with van der Waals surface area (Å²) in [6, 6.07) is 0. The fourth-order valence-electron chi connectivity index (χ4n) is 0.978. The highest BCUT2D eigenvalue weighted by molar-refractivity contribution is 7.09. The van der Waals surface area contributed by atoms with E-state index in [1.165, 1.54) is 11.3 Å². The quantitative estimate of drug-likeness (QED) is 0.794. The number of aliphatic hydroxyl groups excluding tert-OH is 1. The zero-order chi connectivity index (χ0) is 9.84. The number of aromatic nitrogens is 1. The Morgan fingerprint density at radius 1 is 1.69 bits per heavy atom. The Balaban J connectivity index is 2.51. The van der Waals surface area contributed by atoms with Gasteiger partial charge in [0.05, 0.1) is 5.51 Å². The van der Waals surface area contributed by atoms with Crippen molar-refractivity contribution < 1.29 is 9.90 Å². The van der Waals surface area contributed by atoms with Crippen molar-refractivity contribution >= 4 is 17.1 Å². The lowest BCUT2D eigenvalue weighted by Gasteiger charge is -2.11. The third-order valence-corrected chi connectivity index (χ3v) is 2.57. The fourth-order valence-corrected chi connectivity index (χ4v) is 1.58. The van der Waals surface area contributed by atoms with Gasteiger partial charge in [0.25, 0.3) is 0 Å². The first-order valence-corrected chi connectivity index (χ1v) is 5.07. The number of nitrogens with zero attached hydrogens (tertiary/aromatic N) is 1. The highest BCUT2D eigenvalue weighted by atomic mass is 32.1. The van der Waals surface area contributed by atoms with Crippen LogP contribution in [0.15, 0.2) is 11.7 Å². The van der Waals surface area contributed by atoms with Gasteiger partial charge in [-0.3, -0.25) is 9.78 Å². The van der Waals surface area contributed by atoms with Gasteiger partial charge in [-0.05, 0) is 5.92 Å². The first kappa shape index (κ1) is 10.3. The van der Waals surface area contributed by atoms with Crippen molar-refractivity contribution in [3.8, 4) is 0 Å². The molecule has 0 saturated carbocycles. The minimum Gasteiger partial charge on any atom is -0.385 e. The first-order chi connectivity index (χ1) is 6.11. The standard InChI is InChI=1S/C9H13NO2S/c1-6(2)9(12)8(11)3-7-4-10-5-13-7/h4-6,9,12H,3H2,1-2H3. The molecule has 4 heteroatoms. The summed E-state index contributed by atoms with van der Waals surface area (Å²) in [4.78, 5) is 16.2. The summed E-state index contributed by atoms with van der Waals surface area (Å²) >= 11 is 1.44. The van der Waals surface area contributed by atoms with Crippen molar-refractivity contribution in [3.63, 3.8) is 0 Å². The third kappa shape index (κ3) is 2.90. The molecule has 72 valence electrons. The van der Waals surface area contributed by atoms with E-state index in [0.29, 0.717) is 6.42 Å². The van der Waals surface area contributed by atoms with Gasteiger partial charge in [-0.25, -0.2) is 0 Å². The summed E-state index contributed by atoms with van der Waals surface area (Å²) < 4.78 is 0. The predicted molar refractivity (Wildman–Crippen MR) is 51.7 cm³/mol. The molecule has 0 aliphatic rings. The minimum atomic E-state index is -0.845. The number of carbonyl (C=O) groups is 1. The van der Waals surface area contributed by atoms with Crippen LogP contribution in [0.4, 0.5) is 0 Å². The molecule has 1 rings (SSSR count). The van der Waals surface area contributed by atoms with Gasteiger partial charge in [0.15, 0.2) is 5.78 Å². The second-order valence-corrected chi connectivity index (χ2v) is 4.27. The van der Waals surface area contributed by atoms with Crippen LogP contribution in [0, 0.1) is 5.92 Å². The number of thiazole rings is 1. The van der Waals surface area contributed by atoms with Crippen LogP contribution in [0.3, 0.4) is 0 Å². The van der Waals surface area contributed by atoms with Crippen molar-refractivity contribution in [3.05, 3.63) is 16.6 Å². The van der Waals surface area contributed by atoms with E-state index in [2.05, 4.69) is 4.98 Å². The molecule has 0 spiro atoms. The summed E-state index contributed by atoms with van der Waals surface area (Å²) in [6.45, 7) is 3.66. The summed E-state index contributed by atoms with van der Waals surface area (Å²) in [5.41, 5.74) is 1.68. The minimum absolute atomic E-state index is 0.0135. The molecule has 0 radical (unpaired) electrons. The summed E-state index contributed by atoms with van der Waals surface area (Å²) in [5.74, 6) is -0.139. The highest BCUT2D eigenvalue weighted by Gasteiger charge is 2.19. The molecule has 0 aliphatic heterocycles. The number of Topliss-reactive ketones (excluding diaryl/α,β-unsaturated/α-hetero) is 1. The van der Waals surface area contributed by atoms with Crippen LogP contribution in [-0.4, -0.2) is 22.0 Å². The van der Waals surface area contributed by atoms with Gasteiger partial charge in [0, 0.05) is 17.5 Å². The first-order valence-electron chi connectivity index (χ1n) is 4.19. The maximum atomic E-state index is 11.4. The average Bonchev–Trinajstić information content (AvgIpc) is 2.55. The molecule has 1 unspecified atom stereocenters. The summed E-state index contributed by atoms with van der Waals surface area (Å²) in [6.07, 6.45) is 1.11. The molecule has 0 aliphatic carbocycles. The molecular formula is C9H13NO2S. The number of rotatable bonds is 4. The van der Waals surface area contributed by atoms with Crippen LogP contribution >= 0.6 is 11.3 Å². The second kappa shape index (κ2) is 4.48. The fraction of sp³-hybridized carbons (Fsp3) is 0.556. The monoisotopic (exact) mass is 199 g/mol. The molecule has 0 amide bonds. The SMILES string of the molecule is CC(C)C(O)C(=O)Cc1cncs1. The lowest BCUT2D eigenvalue weighted by atomic mass is 10.0. The van der Waals surface area contributed by atoms with E-state index < -0.39 is 6.10 Å². The van der Waals surface area contributed by atoms with Gasteiger partial charge in [0.2, 0.25) is 0 Å². The number of hydrogen-bond donors (Lipinski definition) is 1. The van der Waals surface area contributed by atoms with Crippen LogP contribution in [-0.2, 0) is 11.2 Å². The van der Waals surface area contributed by atoms with E-state index in [1.807, 2.05) is 13.8 Å². The van der Waals surface area contributed by atoms with E-state index in [-0.39, 0.29) is 11.7 Å². The van der Waals surface area contributed by atoms with Gasteiger partial charge < -0.3 is 5.11 Å². The Morgan fingerprint density at radius 3 is 2.85 bits per heavy atom. The van der Waals surface area contributed by atoms with Gasteiger partial charge in [-0.2, -0.15) is 0 Å². The smallest absolute Gasteiger partial charge is 0.166 e. The molecule has 1 aromatic heterocycles. The van der Waals surface area contributed by atoms with Crippen LogP contribution in [0.5, 0.6) is 0 Å². The summed E-state index contributed by atoms with van der Waals surface area (Å²) in [5, 5.41) is 9.43. The van der Waals surface area contributed by atoms with Gasteiger partial charge in [-0.15, -0.1) is 11.3 Å². The predicted octanol–water partition coefficient (Wildman–Crippen LogP) is 1.27. The van der Waals surface area contributed by atoms with Gasteiger partial charge >= 0.3 is 0 Å². The molecule has 1 N–H and O–H groups in total. The Morgan fingerprint density at radius 2 is 2.38 bits per heavy atom. The Hall–Kier alpha value is -0.740. The van der Waals surface area contributed by atoms with Crippen LogP contribution in [0.25, 0.3) is 0 Å². The topological polar surface area (TPSA) is 50.2 Å². The third-order valence-electron chi connectivity index (χ3n) is 1.79. The largest absolute Gasteiger partial charge is 0.385 e. The molecule has 1 atom stereocenters. The van der Waals surface area contributed by atoms with E-state index >= 15 is 0 Å². The van der Waals surface area contributed by atoms with Crippen LogP contribution < -0.4 is 0 Å². The maximum Gasteiger partial charge on any atom is 0.166 e. The Bertz CT molecular complexity index is 269. The second-order valence-electron chi connectivity index (χ2n) is 3.30. The van der Waals surface area contributed by atoms with Crippen molar-refractivity contribution in [1.82, 2.24) is 4.98 Å². The maximum absolute atomic E-state index is 11.4. The normalized spacial score (nSPS) is 13.2. The van der Waals surface area contributed by atoms with Crippen LogP contribution in [0.2, 0.25) is 0 Å². The summed E-state index contributed by atoms with van der Waals surface area (Å²) in [7, 11) is 0. The van der Waals surface area contributed by atoms with Crippen molar-refractivity contribution in [2.45, 2.75) is 26.4 Å². The number of ketones is 1. The van der Waals surface area contributed by atoms with Crippen molar-refractivity contribution in [2.24, 2.45) is 5.92 Å². The Labute approximate surface area is 81.4 Å².